The smallest absolute Gasteiger partial charge is 0.502 e. The molecule has 0 radical (unpaired) electrons. The number of benzene rings is 1. The molecule has 1 saturated carbocycles. The number of methoxy groups -OCH3 is 1. The van der Waals surface area contributed by atoms with Gasteiger partial charge in [0.25, 0.3) is 11.9 Å². The van der Waals surface area contributed by atoms with Crippen LogP contribution < -0.4 is 20.8 Å². The zero-order chi connectivity index (χ0) is 27.4. The predicted octanol–water partition coefficient (Wildman–Crippen LogP) is 1.29. The number of fused-ring (bicyclic) bond motifs is 1. The van der Waals surface area contributed by atoms with E-state index >= 15 is 4.39 Å². The minimum atomic E-state index is -1.36. The number of carbonyl (C=O) groups is 3. The first kappa shape index (κ1) is 27.9. The Morgan fingerprint density at radius 2 is 1.81 bits per heavy atom. The summed E-state index contributed by atoms with van der Waals surface area (Å²) in [5, 5.41) is 9.32. The second-order valence-electron chi connectivity index (χ2n) is 8.82. The van der Waals surface area contributed by atoms with Gasteiger partial charge in [0.05, 0.1) is 24.7 Å². The molecule has 0 spiro atoms. The lowest BCUT2D eigenvalue weighted by atomic mass is 10.1. The summed E-state index contributed by atoms with van der Waals surface area (Å²) in [5.41, 5.74) is 5.28. The number of nitrogens with zero attached hydrogens (tertiary/aromatic N) is 2. The van der Waals surface area contributed by atoms with Gasteiger partial charge in [0.1, 0.15) is 11.3 Å². The highest BCUT2D eigenvalue weighted by atomic mass is 19.1. The van der Waals surface area contributed by atoms with Crippen molar-refractivity contribution in [2.45, 2.75) is 38.8 Å². The van der Waals surface area contributed by atoms with Gasteiger partial charge in [-0.2, -0.15) is 0 Å². The molecule has 1 saturated heterocycles. The zero-order valence-corrected chi connectivity index (χ0v) is 20.7. The number of anilines is 1. The van der Waals surface area contributed by atoms with Crippen molar-refractivity contribution in [2.24, 2.45) is 11.7 Å². The Balaban J connectivity index is 0.000000364. The number of carboxylic acids is 1. The van der Waals surface area contributed by atoms with Crippen LogP contribution in [0.25, 0.3) is 10.9 Å². The van der Waals surface area contributed by atoms with Gasteiger partial charge in [-0.05, 0) is 18.9 Å². The van der Waals surface area contributed by atoms with E-state index in [0.717, 1.165) is 18.9 Å². The highest BCUT2D eigenvalue weighted by Crippen LogP contribution is 2.44. The average molecular weight is 523 g/mol. The number of nitrogens with two attached hydrogens (primary N) is 1. The molecule has 14 heteroatoms. The van der Waals surface area contributed by atoms with Crippen molar-refractivity contribution in [3.05, 3.63) is 33.9 Å². The fourth-order valence-electron chi connectivity index (χ4n) is 4.16. The molecule has 1 aromatic heterocycles. The van der Waals surface area contributed by atoms with E-state index in [1.807, 2.05) is 0 Å². The fraction of sp³-hybridized carbons (Fsp3) is 0.478. The molecular formula is C23H28BF2N3O8. The van der Waals surface area contributed by atoms with E-state index in [2.05, 4.69) is 9.31 Å². The molecular weight excluding hydrogens is 495 g/mol. The molecule has 11 nitrogen and oxygen atoms in total. The Hall–Kier alpha value is -3.68. The van der Waals surface area contributed by atoms with Gasteiger partial charge in [-0.25, -0.2) is 9.18 Å². The molecule has 0 bridgehead atoms. The molecule has 4 rings (SSSR count). The third-order valence-electron chi connectivity index (χ3n) is 6.10. The van der Waals surface area contributed by atoms with Crippen LogP contribution >= 0.6 is 0 Å². The molecule has 200 valence electrons. The number of hydrogen-bond donors (Lipinski definition) is 2. The molecule has 0 amide bonds. The van der Waals surface area contributed by atoms with Crippen LogP contribution in [0.2, 0.25) is 0 Å². The van der Waals surface area contributed by atoms with Crippen LogP contribution in [0.1, 0.15) is 43.1 Å². The highest BCUT2D eigenvalue weighted by molar-refractivity contribution is 6.25. The average Bonchev–Trinajstić information content (AvgIpc) is 3.60. The van der Waals surface area contributed by atoms with E-state index in [9.17, 15) is 28.7 Å². The van der Waals surface area contributed by atoms with Gasteiger partial charge < -0.3 is 34.4 Å². The van der Waals surface area contributed by atoms with Crippen molar-refractivity contribution < 1.29 is 42.3 Å². The van der Waals surface area contributed by atoms with E-state index in [1.54, 1.807) is 9.47 Å². The maximum Gasteiger partial charge on any atom is 0.580 e. The maximum atomic E-state index is 15.1. The standard InChI is InChI=1S/C19H21F2N3O4.C4H7BO4/c1-28-18-15-11(17(25)12(19(26)27)7-24(15)10-2-3-10)4-13(21)16(18)23-6-9(5-20)14(22)8-23;1-3(6)8-5-9-4(2)7/h4,7,9-10,14H,2-3,5-6,8,22H2,1H3,(H,26,27);5H,1-2H3/t9-,14+;/m0./s1. The number of rotatable bonds is 7. The van der Waals surface area contributed by atoms with Crippen LogP contribution in [0.5, 0.6) is 5.75 Å². The lowest BCUT2D eigenvalue weighted by Crippen LogP contribution is -2.30. The first-order valence-electron chi connectivity index (χ1n) is 11.5. The predicted molar refractivity (Wildman–Crippen MR) is 130 cm³/mol. The van der Waals surface area contributed by atoms with Crippen molar-refractivity contribution in [3.8, 4) is 5.75 Å². The summed E-state index contributed by atoms with van der Waals surface area (Å²) in [5.74, 6) is -3.28. The third-order valence-corrected chi connectivity index (χ3v) is 6.10. The van der Waals surface area contributed by atoms with Gasteiger partial charge in [0.15, 0.2) is 11.6 Å². The Morgan fingerprint density at radius 3 is 2.27 bits per heavy atom. The molecule has 2 aromatic rings. The molecule has 0 unspecified atom stereocenters. The lowest BCUT2D eigenvalue weighted by molar-refractivity contribution is -0.136. The topological polar surface area (TPSA) is 150 Å². The largest absolute Gasteiger partial charge is 0.580 e. The quantitative estimate of drug-likeness (QED) is 0.509. The van der Waals surface area contributed by atoms with E-state index in [0.29, 0.717) is 5.52 Å². The number of aromatic nitrogens is 1. The molecule has 1 aliphatic heterocycles. The lowest BCUT2D eigenvalue weighted by Gasteiger charge is -2.24. The second kappa shape index (κ2) is 11.6. The van der Waals surface area contributed by atoms with Crippen LogP contribution in [0, 0.1) is 11.7 Å². The molecule has 37 heavy (non-hydrogen) atoms. The Morgan fingerprint density at radius 1 is 1.19 bits per heavy atom. The molecule has 3 N–H and O–H groups in total. The Bertz CT molecular complexity index is 1250. The highest BCUT2D eigenvalue weighted by Gasteiger charge is 2.36. The van der Waals surface area contributed by atoms with Gasteiger partial charge >= 0.3 is 13.7 Å². The number of carboxylic acid groups (broad SMARTS) is 1. The van der Waals surface area contributed by atoms with Crippen molar-refractivity contribution in [1.82, 2.24) is 4.57 Å². The van der Waals surface area contributed by atoms with Gasteiger partial charge in [-0.1, -0.05) is 0 Å². The molecule has 1 aromatic carbocycles. The van der Waals surface area contributed by atoms with E-state index in [-0.39, 0.29) is 43.6 Å². The first-order chi connectivity index (χ1) is 17.5. The maximum absolute atomic E-state index is 15.1. The van der Waals surface area contributed by atoms with Gasteiger partial charge in [0, 0.05) is 51.1 Å². The number of aromatic carboxylic acids is 1. The summed E-state index contributed by atoms with van der Waals surface area (Å²) < 4.78 is 44.0. The molecule has 1 aliphatic carbocycles. The van der Waals surface area contributed by atoms with Gasteiger partial charge in [-0.15, -0.1) is 0 Å². The molecule has 2 atom stereocenters. The van der Waals surface area contributed by atoms with Crippen LogP contribution in [0.4, 0.5) is 14.5 Å². The van der Waals surface area contributed by atoms with Gasteiger partial charge in [0.2, 0.25) is 5.43 Å². The summed E-state index contributed by atoms with van der Waals surface area (Å²) in [4.78, 5) is 45.8. The SMILES string of the molecule is CC(=O)OBOC(C)=O.COc1c(N2C[C@H](CF)[C@H](N)C2)c(F)cc2c(=O)c(C(=O)O)cn(C3CC3)c12. The molecule has 2 fully saturated rings. The number of pyridine rings is 1. The molecule has 2 aliphatic rings. The fourth-order valence-corrected chi connectivity index (χ4v) is 4.16. The summed E-state index contributed by atoms with van der Waals surface area (Å²) in [6.45, 7) is 2.36. The summed E-state index contributed by atoms with van der Waals surface area (Å²) in [6, 6.07) is 0.632. The van der Waals surface area contributed by atoms with E-state index in [1.165, 1.54) is 27.2 Å². The van der Waals surface area contributed by atoms with Crippen LogP contribution in [-0.2, 0) is 18.9 Å². The van der Waals surface area contributed by atoms with Crippen LogP contribution in [0.15, 0.2) is 17.1 Å². The van der Waals surface area contributed by atoms with Crippen LogP contribution in [0.3, 0.4) is 0 Å². The summed E-state index contributed by atoms with van der Waals surface area (Å²) in [6.07, 6.45) is 2.95. The Labute approximate surface area is 211 Å². The summed E-state index contributed by atoms with van der Waals surface area (Å²) >= 11 is 0. The second-order valence-corrected chi connectivity index (χ2v) is 8.82. The minimum Gasteiger partial charge on any atom is -0.502 e. The number of hydrogen-bond acceptors (Lipinski definition) is 9. The summed E-state index contributed by atoms with van der Waals surface area (Å²) in [7, 11) is 1.08. The van der Waals surface area contributed by atoms with Crippen molar-refractivity contribution in [1.29, 1.82) is 0 Å². The van der Waals surface area contributed by atoms with Crippen molar-refractivity contribution in [2.75, 3.05) is 31.8 Å². The number of alkyl halides is 1. The minimum absolute atomic E-state index is 0.0211. The van der Waals surface area contributed by atoms with Gasteiger partial charge in [-0.3, -0.25) is 18.8 Å². The van der Waals surface area contributed by atoms with Crippen LogP contribution in [-0.4, -0.2) is 68.2 Å². The normalized spacial score (nSPS) is 18.6. The number of ether oxygens (including phenoxy) is 1. The number of halogens is 2. The Kier molecular flexibility index (Phi) is 8.74. The number of carbonyl (C=O) groups excluding carboxylic acids is 2. The first-order valence-corrected chi connectivity index (χ1v) is 11.5. The van der Waals surface area contributed by atoms with E-state index < -0.39 is 53.4 Å². The zero-order valence-electron chi connectivity index (χ0n) is 20.7. The van der Waals surface area contributed by atoms with E-state index in [4.69, 9.17) is 10.5 Å². The monoisotopic (exact) mass is 523 g/mol. The molecule has 2 heterocycles. The van der Waals surface area contributed by atoms with Crippen molar-refractivity contribution >= 4 is 42.2 Å². The third kappa shape index (κ3) is 6.19. The van der Waals surface area contributed by atoms with Crippen molar-refractivity contribution in [3.63, 3.8) is 0 Å².